The molecule has 0 radical (unpaired) electrons. The van der Waals surface area contributed by atoms with Gasteiger partial charge < -0.3 is 14.2 Å². The zero-order chi connectivity index (χ0) is 22.3. The van der Waals surface area contributed by atoms with E-state index in [-0.39, 0.29) is 5.91 Å². The summed E-state index contributed by atoms with van der Waals surface area (Å²) in [5, 5.41) is 0.680. The Kier molecular flexibility index (Phi) is 7.57. The second kappa shape index (κ2) is 10.8. The van der Waals surface area contributed by atoms with Crippen LogP contribution in [0.1, 0.15) is 24.2 Å². The Balaban J connectivity index is 1.63. The summed E-state index contributed by atoms with van der Waals surface area (Å²) in [5.74, 6) is 1.43. The number of thiazole rings is 1. The SMILES string of the molecule is CCOc1ccc(C(=O)N(CCN2CCOCC2)c2nc3c(OCC)cccc3s2)cc1. The molecule has 3 aromatic rings. The largest absolute Gasteiger partial charge is 0.494 e. The second-order valence-electron chi connectivity index (χ2n) is 7.40. The van der Waals surface area contributed by atoms with Gasteiger partial charge in [-0.25, -0.2) is 4.98 Å². The number of ether oxygens (including phenoxy) is 3. The molecule has 1 aromatic heterocycles. The number of hydrogen-bond acceptors (Lipinski definition) is 7. The summed E-state index contributed by atoms with van der Waals surface area (Å²) in [4.78, 5) is 22.5. The first kappa shape index (κ1) is 22.5. The molecule has 0 spiro atoms. The van der Waals surface area contributed by atoms with Crippen molar-refractivity contribution in [2.45, 2.75) is 13.8 Å². The molecule has 1 aliphatic rings. The fourth-order valence-electron chi connectivity index (χ4n) is 3.67. The van der Waals surface area contributed by atoms with Gasteiger partial charge in [-0.05, 0) is 50.2 Å². The Labute approximate surface area is 192 Å². The molecular weight excluding hydrogens is 426 g/mol. The smallest absolute Gasteiger partial charge is 0.260 e. The topological polar surface area (TPSA) is 64.1 Å². The van der Waals surface area contributed by atoms with Crippen molar-refractivity contribution in [2.75, 3.05) is 57.5 Å². The zero-order valence-corrected chi connectivity index (χ0v) is 19.4. The number of para-hydroxylation sites is 1. The average Bonchev–Trinajstić information content (AvgIpc) is 3.26. The number of carbonyl (C=O) groups is 1. The van der Waals surface area contributed by atoms with Crippen molar-refractivity contribution in [1.82, 2.24) is 9.88 Å². The maximum atomic E-state index is 13.6. The lowest BCUT2D eigenvalue weighted by atomic mass is 10.2. The third-order valence-corrected chi connectivity index (χ3v) is 6.35. The number of benzene rings is 2. The van der Waals surface area contributed by atoms with Gasteiger partial charge in [0.25, 0.3) is 5.91 Å². The van der Waals surface area contributed by atoms with E-state index >= 15 is 0 Å². The standard InChI is InChI=1S/C24H29N3O4S/c1-3-30-19-10-8-18(9-11-19)23(28)27(13-12-26-14-16-29-17-15-26)24-25-22-20(31-4-2)6-5-7-21(22)32-24/h5-11H,3-4,12-17H2,1-2H3. The minimum Gasteiger partial charge on any atom is -0.494 e. The molecule has 1 fully saturated rings. The first-order chi connectivity index (χ1) is 15.7. The third kappa shape index (κ3) is 5.20. The molecule has 0 bridgehead atoms. The Morgan fingerprint density at radius 3 is 2.56 bits per heavy atom. The van der Waals surface area contributed by atoms with Crippen molar-refractivity contribution in [3.8, 4) is 11.5 Å². The van der Waals surface area contributed by atoms with E-state index in [0.29, 0.717) is 30.5 Å². The third-order valence-electron chi connectivity index (χ3n) is 5.30. The van der Waals surface area contributed by atoms with Crippen LogP contribution in [0.2, 0.25) is 0 Å². The highest BCUT2D eigenvalue weighted by Gasteiger charge is 2.23. The number of nitrogens with zero attached hydrogens (tertiary/aromatic N) is 3. The van der Waals surface area contributed by atoms with E-state index < -0.39 is 0 Å². The zero-order valence-electron chi connectivity index (χ0n) is 18.6. The van der Waals surface area contributed by atoms with Gasteiger partial charge in [-0.1, -0.05) is 17.4 Å². The van der Waals surface area contributed by atoms with E-state index in [4.69, 9.17) is 19.2 Å². The van der Waals surface area contributed by atoms with Crippen LogP contribution in [0.25, 0.3) is 10.2 Å². The minimum absolute atomic E-state index is 0.0710. The monoisotopic (exact) mass is 455 g/mol. The van der Waals surface area contributed by atoms with Gasteiger partial charge in [0.05, 0.1) is 31.1 Å². The first-order valence-corrected chi connectivity index (χ1v) is 11.9. The van der Waals surface area contributed by atoms with Gasteiger partial charge in [-0.15, -0.1) is 0 Å². The van der Waals surface area contributed by atoms with Crippen LogP contribution in [-0.4, -0.2) is 68.4 Å². The summed E-state index contributed by atoms with van der Waals surface area (Å²) >= 11 is 1.51. The average molecular weight is 456 g/mol. The molecule has 1 amide bonds. The van der Waals surface area contributed by atoms with Crippen LogP contribution in [0.15, 0.2) is 42.5 Å². The van der Waals surface area contributed by atoms with Crippen molar-refractivity contribution >= 4 is 32.6 Å². The van der Waals surface area contributed by atoms with Crippen LogP contribution in [0.5, 0.6) is 11.5 Å². The number of fused-ring (bicyclic) bond motifs is 1. The van der Waals surface area contributed by atoms with Crippen LogP contribution < -0.4 is 14.4 Å². The van der Waals surface area contributed by atoms with Gasteiger partial charge >= 0.3 is 0 Å². The summed E-state index contributed by atoms with van der Waals surface area (Å²) in [5.41, 5.74) is 1.41. The number of anilines is 1. The van der Waals surface area contributed by atoms with E-state index in [2.05, 4.69) is 4.90 Å². The minimum atomic E-state index is -0.0710. The van der Waals surface area contributed by atoms with Crippen LogP contribution in [-0.2, 0) is 4.74 Å². The van der Waals surface area contributed by atoms with Crippen LogP contribution >= 0.6 is 11.3 Å². The second-order valence-corrected chi connectivity index (χ2v) is 8.41. The van der Waals surface area contributed by atoms with Gasteiger partial charge in [0.15, 0.2) is 5.13 Å². The van der Waals surface area contributed by atoms with E-state index in [1.54, 1.807) is 4.90 Å². The molecule has 0 unspecified atom stereocenters. The molecular formula is C24H29N3O4S. The number of carbonyl (C=O) groups excluding carboxylic acids is 1. The summed E-state index contributed by atoms with van der Waals surface area (Å²) in [7, 11) is 0. The number of rotatable bonds is 9. The summed E-state index contributed by atoms with van der Waals surface area (Å²) in [6.45, 7) is 9.57. The van der Waals surface area contributed by atoms with Crippen LogP contribution in [0, 0.1) is 0 Å². The summed E-state index contributed by atoms with van der Waals surface area (Å²) in [6.07, 6.45) is 0. The van der Waals surface area contributed by atoms with Gasteiger partial charge in [0, 0.05) is 31.7 Å². The number of hydrogen-bond donors (Lipinski definition) is 0. The first-order valence-electron chi connectivity index (χ1n) is 11.1. The van der Waals surface area contributed by atoms with Gasteiger partial charge in [0.2, 0.25) is 0 Å². The number of aromatic nitrogens is 1. The predicted octanol–water partition coefficient (Wildman–Crippen LogP) is 4.07. The van der Waals surface area contributed by atoms with E-state index in [1.807, 2.05) is 56.3 Å². The Morgan fingerprint density at radius 2 is 1.84 bits per heavy atom. The van der Waals surface area contributed by atoms with Crippen molar-refractivity contribution in [3.05, 3.63) is 48.0 Å². The van der Waals surface area contributed by atoms with Crippen molar-refractivity contribution < 1.29 is 19.0 Å². The highest BCUT2D eigenvalue weighted by molar-refractivity contribution is 7.22. The van der Waals surface area contributed by atoms with Crippen molar-refractivity contribution in [2.24, 2.45) is 0 Å². The molecule has 7 nitrogen and oxygen atoms in total. The molecule has 1 aliphatic heterocycles. The molecule has 32 heavy (non-hydrogen) atoms. The molecule has 4 rings (SSSR count). The highest BCUT2D eigenvalue weighted by atomic mass is 32.1. The lowest BCUT2D eigenvalue weighted by Crippen LogP contribution is -2.43. The molecule has 0 saturated carbocycles. The van der Waals surface area contributed by atoms with Gasteiger partial charge in [-0.2, -0.15) is 0 Å². The van der Waals surface area contributed by atoms with E-state index in [9.17, 15) is 4.79 Å². The molecule has 2 heterocycles. The predicted molar refractivity (Wildman–Crippen MR) is 127 cm³/mol. The van der Waals surface area contributed by atoms with Gasteiger partial charge in [-0.3, -0.25) is 14.6 Å². The Hall–Kier alpha value is -2.68. The van der Waals surface area contributed by atoms with Gasteiger partial charge in [0.1, 0.15) is 17.0 Å². The van der Waals surface area contributed by atoms with Crippen LogP contribution in [0.3, 0.4) is 0 Å². The molecule has 0 atom stereocenters. The quantitative estimate of drug-likeness (QED) is 0.485. The summed E-state index contributed by atoms with van der Waals surface area (Å²) < 4.78 is 17.7. The maximum absolute atomic E-state index is 13.6. The normalized spacial score (nSPS) is 14.4. The number of amides is 1. The molecule has 0 N–H and O–H groups in total. The highest BCUT2D eigenvalue weighted by Crippen LogP contribution is 2.35. The fraction of sp³-hybridized carbons (Fsp3) is 0.417. The number of morpholine rings is 1. The molecule has 170 valence electrons. The van der Waals surface area contributed by atoms with Crippen molar-refractivity contribution in [3.63, 3.8) is 0 Å². The van der Waals surface area contributed by atoms with E-state index in [1.165, 1.54) is 11.3 Å². The molecule has 0 aliphatic carbocycles. The van der Waals surface area contributed by atoms with E-state index in [0.717, 1.165) is 54.6 Å². The maximum Gasteiger partial charge on any atom is 0.260 e. The molecule has 8 heteroatoms. The lowest BCUT2D eigenvalue weighted by Gasteiger charge is -2.29. The lowest BCUT2D eigenvalue weighted by molar-refractivity contribution is 0.0391. The Morgan fingerprint density at radius 1 is 1.09 bits per heavy atom. The van der Waals surface area contributed by atoms with Crippen LogP contribution in [0.4, 0.5) is 5.13 Å². The molecule has 2 aromatic carbocycles. The Bertz CT molecular complexity index is 1030. The molecule has 1 saturated heterocycles. The summed E-state index contributed by atoms with van der Waals surface area (Å²) in [6, 6.07) is 13.2. The fourth-order valence-corrected chi connectivity index (χ4v) is 4.67. The van der Waals surface area contributed by atoms with Crippen molar-refractivity contribution in [1.29, 1.82) is 0 Å².